The molecule has 5 amide bonds. The van der Waals surface area contributed by atoms with Crippen LogP contribution in [0.4, 0.5) is 4.79 Å². The van der Waals surface area contributed by atoms with Gasteiger partial charge in [0.1, 0.15) is 12.1 Å². The molecule has 2 aromatic rings. The first-order chi connectivity index (χ1) is 19.3. The molecule has 4 rings (SSSR count). The Kier molecular flexibility index (Phi) is 9.76. The maximum absolute atomic E-state index is 14.1. The summed E-state index contributed by atoms with van der Waals surface area (Å²) < 4.78 is 0. The highest BCUT2D eigenvalue weighted by Gasteiger charge is 2.48. The number of hydrogen-bond donors (Lipinski definition) is 5. The predicted molar refractivity (Wildman–Crippen MR) is 152 cm³/mol. The maximum Gasteiger partial charge on any atom is 0.314 e. The average molecular weight is 549 g/mol. The zero-order valence-corrected chi connectivity index (χ0v) is 23.1. The quantitative estimate of drug-likeness (QED) is 0.325. The van der Waals surface area contributed by atoms with E-state index in [1.54, 1.807) is 11.8 Å². The lowest BCUT2D eigenvalue weighted by molar-refractivity contribution is -0.143. The molecule has 5 atom stereocenters. The molecule has 2 aliphatic rings. The number of carbonyl (C=O) groups excluding carboxylic acids is 4. The van der Waals surface area contributed by atoms with E-state index in [1.165, 1.54) is 7.05 Å². The van der Waals surface area contributed by atoms with E-state index in [2.05, 4.69) is 21.3 Å². The van der Waals surface area contributed by atoms with E-state index in [0.717, 1.165) is 11.1 Å². The number of urea groups is 1. The fourth-order valence-corrected chi connectivity index (χ4v) is 5.74. The third kappa shape index (κ3) is 6.62. The third-order valence-corrected chi connectivity index (χ3v) is 8.05. The van der Waals surface area contributed by atoms with Gasteiger partial charge in [-0.25, -0.2) is 4.79 Å². The molecule has 2 saturated heterocycles. The van der Waals surface area contributed by atoms with E-state index in [-0.39, 0.29) is 42.4 Å². The lowest BCUT2D eigenvalue weighted by Gasteiger charge is -2.33. The van der Waals surface area contributed by atoms with Gasteiger partial charge in [0.2, 0.25) is 17.7 Å². The number of nitrogens with two attached hydrogens (primary N) is 1. The Morgan fingerprint density at radius 2 is 1.55 bits per heavy atom. The van der Waals surface area contributed by atoms with Crippen molar-refractivity contribution in [3.8, 4) is 0 Å². The van der Waals surface area contributed by atoms with E-state index in [9.17, 15) is 19.2 Å². The van der Waals surface area contributed by atoms with Crippen LogP contribution in [0.2, 0.25) is 0 Å². The molecule has 0 bridgehead atoms. The van der Waals surface area contributed by atoms with Gasteiger partial charge in [0.05, 0.1) is 12.1 Å². The molecule has 2 aromatic carbocycles. The second-order valence-electron chi connectivity index (χ2n) is 10.6. The number of fused-ring (bicyclic) bond motifs is 1. The Balaban J connectivity index is 1.59. The molecule has 0 unspecified atom stereocenters. The molecule has 0 radical (unpaired) electrons. The minimum absolute atomic E-state index is 0.126. The summed E-state index contributed by atoms with van der Waals surface area (Å²) in [5.41, 5.74) is 7.86. The summed E-state index contributed by atoms with van der Waals surface area (Å²) in [6.07, 6.45) is 2.92. The fraction of sp³-hybridized carbons (Fsp3) is 0.467. The van der Waals surface area contributed by atoms with Crippen LogP contribution in [0.5, 0.6) is 0 Å². The minimum Gasteiger partial charge on any atom is -0.343 e. The summed E-state index contributed by atoms with van der Waals surface area (Å²) in [4.78, 5) is 54.4. The van der Waals surface area contributed by atoms with E-state index in [0.29, 0.717) is 32.1 Å². The van der Waals surface area contributed by atoms with Gasteiger partial charge in [-0.05, 0) is 43.2 Å². The molecule has 0 spiro atoms. The van der Waals surface area contributed by atoms with E-state index in [4.69, 9.17) is 5.73 Å². The smallest absolute Gasteiger partial charge is 0.314 e. The Morgan fingerprint density at radius 3 is 2.12 bits per heavy atom. The van der Waals surface area contributed by atoms with Gasteiger partial charge in [-0.3, -0.25) is 14.4 Å². The fourth-order valence-electron chi connectivity index (χ4n) is 5.74. The summed E-state index contributed by atoms with van der Waals surface area (Å²) >= 11 is 0. The van der Waals surface area contributed by atoms with Crippen molar-refractivity contribution in [2.24, 2.45) is 11.7 Å². The van der Waals surface area contributed by atoms with Crippen LogP contribution in [0.1, 0.15) is 56.2 Å². The van der Waals surface area contributed by atoms with Crippen LogP contribution < -0.4 is 27.0 Å². The molecule has 10 heteroatoms. The predicted octanol–water partition coefficient (Wildman–Crippen LogP) is 1.81. The molecule has 2 heterocycles. The van der Waals surface area contributed by atoms with Gasteiger partial charge in [0, 0.05) is 25.6 Å². The molecule has 40 heavy (non-hydrogen) atoms. The maximum atomic E-state index is 14.1. The van der Waals surface area contributed by atoms with Crippen molar-refractivity contribution in [3.05, 3.63) is 71.8 Å². The normalized spacial score (nSPS) is 23.1. The zero-order valence-electron chi connectivity index (χ0n) is 23.1. The monoisotopic (exact) mass is 548 g/mol. The first kappa shape index (κ1) is 29.1. The van der Waals surface area contributed by atoms with Crippen molar-refractivity contribution in [2.75, 3.05) is 13.6 Å². The van der Waals surface area contributed by atoms with E-state index in [1.807, 2.05) is 60.7 Å². The van der Waals surface area contributed by atoms with Crippen LogP contribution in [0, 0.1) is 5.92 Å². The molecule has 0 saturated carbocycles. The standard InChI is InChI=1S/C30H40N6O4/c1-3-23(31)27(37)35-26-21(18-33-30(40)32-2)14-15-22-16-17-24(36(22)29(26)39)28(38)34-25(19-10-6-4-7-11-19)20-12-8-5-9-13-20/h4-13,21-26H,3,14-18,31H2,1-2H3,(H,34,38)(H,35,37)(H2,32,33,40)/t21-,22+,23+,24+,26+/m1/s1. The van der Waals surface area contributed by atoms with Crippen molar-refractivity contribution < 1.29 is 19.2 Å². The summed E-state index contributed by atoms with van der Waals surface area (Å²) in [5, 5.41) is 11.4. The van der Waals surface area contributed by atoms with E-state index >= 15 is 0 Å². The second kappa shape index (κ2) is 13.4. The van der Waals surface area contributed by atoms with Crippen molar-refractivity contribution in [3.63, 3.8) is 0 Å². The number of amides is 5. The highest BCUT2D eigenvalue weighted by Crippen LogP contribution is 2.34. The van der Waals surface area contributed by atoms with Crippen molar-refractivity contribution in [2.45, 2.75) is 69.2 Å². The van der Waals surface area contributed by atoms with Crippen LogP contribution in [-0.2, 0) is 14.4 Å². The SMILES string of the molecule is CC[C@H](N)C(=O)N[C@@H]1C(=O)N2[C@@H](CC[C@@H]1CNC(=O)NC)CC[C@H]2C(=O)NC(c1ccccc1)c1ccccc1. The highest BCUT2D eigenvalue weighted by molar-refractivity contribution is 5.94. The van der Waals surface area contributed by atoms with Crippen LogP contribution >= 0.6 is 0 Å². The minimum atomic E-state index is -0.903. The van der Waals surface area contributed by atoms with Crippen molar-refractivity contribution in [1.82, 2.24) is 26.2 Å². The Labute approximate surface area is 235 Å². The first-order valence-electron chi connectivity index (χ1n) is 14.1. The number of hydrogen-bond acceptors (Lipinski definition) is 5. The van der Waals surface area contributed by atoms with Crippen LogP contribution in [-0.4, -0.2) is 66.4 Å². The number of carbonyl (C=O) groups is 4. The van der Waals surface area contributed by atoms with E-state index < -0.39 is 24.0 Å². The molecule has 10 nitrogen and oxygen atoms in total. The molecular weight excluding hydrogens is 508 g/mol. The Hall–Kier alpha value is -3.92. The number of benzene rings is 2. The topological polar surface area (TPSA) is 146 Å². The molecule has 2 aliphatic heterocycles. The number of nitrogens with zero attached hydrogens (tertiary/aromatic N) is 1. The summed E-state index contributed by atoms with van der Waals surface area (Å²) in [6, 6.07) is 16.3. The van der Waals surface area contributed by atoms with Gasteiger partial charge in [-0.2, -0.15) is 0 Å². The number of rotatable bonds is 9. The largest absolute Gasteiger partial charge is 0.343 e. The van der Waals surface area contributed by atoms with Gasteiger partial charge in [-0.1, -0.05) is 67.6 Å². The lowest BCUT2D eigenvalue weighted by Crippen LogP contribution is -2.59. The lowest BCUT2D eigenvalue weighted by atomic mass is 9.92. The zero-order chi connectivity index (χ0) is 28.6. The molecule has 6 N–H and O–H groups in total. The van der Waals surface area contributed by atoms with Crippen molar-refractivity contribution >= 4 is 23.8 Å². The molecular formula is C30H40N6O4. The molecule has 0 aliphatic carbocycles. The summed E-state index contributed by atoms with van der Waals surface area (Å²) in [5.74, 6) is -1.30. The van der Waals surface area contributed by atoms with Gasteiger partial charge in [0.15, 0.2) is 0 Å². The van der Waals surface area contributed by atoms with Crippen LogP contribution in [0.25, 0.3) is 0 Å². The first-order valence-corrected chi connectivity index (χ1v) is 14.1. The number of nitrogens with one attached hydrogen (secondary N) is 4. The van der Waals surface area contributed by atoms with Gasteiger partial charge >= 0.3 is 6.03 Å². The molecule has 214 valence electrons. The summed E-state index contributed by atoms with van der Waals surface area (Å²) in [7, 11) is 1.52. The molecule has 0 aromatic heterocycles. The Bertz CT molecular complexity index is 1140. The van der Waals surface area contributed by atoms with Crippen molar-refractivity contribution in [1.29, 1.82) is 0 Å². The second-order valence-corrected chi connectivity index (χ2v) is 10.6. The third-order valence-electron chi connectivity index (χ3n) is 8.05. The van der Waals surface area contributed by atoms with Crippen LogP contribution in [0.3, 0.4) is 0 Å². The average Bonchev–Trinajstić information content (AvgIpc) is 3.37. The highest BCUT2D eigenvalue weighted by atomic mass is 16.2. The summed E-state index contributed by atoms with van der Waals surface area (Å²) in [6.45, 7) is 2.01. The van der Waals surface area contributed by atoms with Gasteiger partial charge in [0.25, 0.3) is 0 Å². The molecule has 2 fully saturated rings. The van der Waals surface area contributed by atoms with Crippen LogP contribution in [0.15, 0.2) is 60.7 Å². The van der Waals surface area contributed by atoms with Gasteiger partial charge < -0.3 is 31.9 Å². The Morgan fingerprint density at radius 1 is 0.950 bits per heavy atom. The van der Waals surface area contributed by atoms with Gasteiger partial charge in [-0.15, -0.1) is 0 Å².